The van der Waals surface area contributed by atoms with Crippen molar-refractivity contribution in [1.82, 2.24) is 25.2 Å². The number of amides is 4. The van der Waals surface area contributed by atoms with E-state index >= 15 is 0 Å². The SMILES string of the molecule is O=C1CCC(N2C(=O)c3cccc(NCc4cn(Cc5ccc(F)cc5)nn4)c3C2=O)C(=O)N1. The Labute approximate surface area is 192 Å². The molecule has 2 aliphatic rings. The van der Waals surface area contributed by atoms with E-state index in [0.29, 0.717) is 17.9 Å². The molecule has 11 heteroatoms. The second-order valence-electron chi connectivity index (χ2n) is 8.06. The minimum absolute atomic E-state index is 0.0580. The van der Waals surface area contributed by atoms with Gasteiger partial charge in [-0.15, -0.1) is 5.10 Å². The Bertz CT molecular complexity index is 1320. The van der Waals surface area contributed by atoms with Crippen molar-refractivity contribution in [3.05, 3.63) is 76.9 Å². The third kappa shape index (κ3) is 3.91. The predicted octanol–water partition coefficient (Wildman–Crippen LogP) is 1.48. The van der Waals surface area contributed by atoms with Crippen molar-refractivity contribution in [3.8, 4) is 0 Å². The molecular formula is C23H19FN6O4. The zero-order valence-electron chi connectivity index (χ0n) is 17.8. The highest BCUT2D eigenvalue weighted by Crippen LogP contribution is 2.32. The predicted molar refractivity (Wildman–Crippen MR) is 116 cm³/mol. The maximum absolute atomic E-state index is 13.1. The average molecular weight is 462 g/mol. The Kier molecular flexibility index (Phi) is 5.36. The van der Waals surface area contributed by atoms with Gasteiger partial charge in [0.25, 0.3) is 11.8 Å². The van der Waals surface area contributed by atoms with Gasteiger partial charge in [-0.05, 0) is 36.2 Å². The number of hydrogen-bond donors (Lipinski definition) is 2. The molecule has 2 N–H and O–H groups in total. The lowest BCUT2D eigenvalue weighted by Gasteiger charge is -2.27. The minimum Gasteiger partial charge on any atom is -0.379 e. The van der Waals surface area contributed by atoms with Gasteiger partial charge in [0.15, 0.2) is 0 Å². The van der Waals surface area contributed by atoms with Gasteiger partial charge in [-0.25, -0.2) is 9.07 Å². The van der Waals surface area contributed by atoms with Crippen LogP contribution in [0, 0.1) is 5.82 Å². The normalized spacial score (nSPS) is 17.7. The zero-order valence-corrected chi connectivity index (χ0v) is 17.8. The van der Waals surface area contributed by atoms with Crippen molar-refractivity contribution in [2.75, 3.05) is 5.32 Å². The number of hydrogen-bond acceptors (Lipinski definition) is 7. The largest absolute Gasteiger partial charge is 0.379 e. The van der Waals surface area contributed by atoms with Crippen LogP contribution in [0.15, 0.2) is 48.7 Å². The van der Waals surface area contributed by atoms with Gasteiger partial charge in [0, 0.05) is 12.1 Å². The molecule has 10 nitrogen and oxygen atoms in total. The van der Waals surface area contributed by atoms with Crippen LogP contribution in [0.25, 0.3) is 0 Å². The van der Waals surface area contributed by atoms with Gasteiger partial charge in [0.1, 0.15) is 17.6 Å². The molecule has 1 saturated heterocycles. The molecule has 34 heavy (non-hydrogen) atoms. The molecule has 2 aromatic carbocycles. The average Bonchev–Trinajstić information content (AvgIpc) is 3.37. The van der Waals surface area contributed by atoms with E-state index in [9.17, 15) is 23.6 Å². The number of benzene rings is 2. The van der Waals surface area contributed by atoms with Gasteiger partial charge < -0.3 is 5.32 Å². The first-order chi connectivity index (χ1) is 16.4. The molecule has 1 fully saturated rings. The lowest BCUT2D eigenvalue weighted by atomic mass is 10.0. The number of anilines is 1. The first kappa shape index (κ1) is 21.4. The van der Waals surface area contributed by atoms with Crippen molar-refractivity contribution < 1.29 is 23.6 Å². The summed E-state index contributed by atoms with van der Waals surface area (Å²) < 4.78 is 14.7. The van der Waals surface area contributed by atoms with Crippen LogP contribution in [-0.4, -0.2) is 49.6 Å². The number of piperidine rings is 1. The van der Waals surface area contributed by atoms with Gasteiger partial charge in [0.2, 0.25) is 11.8 Å². The maximum Gasteiger partial charge on any atom is 0.264 e. The quantitative estimate of drug-likeness (QED) is 0.532. The Morgan fingerprint density at radius 1 is 1.06 bits per heavy atom. The second-order valence-corrected chi connectivity index (χ2v) is 8.06. The molecular weight excluding hydrogens is 443 g/mol. The van der Waals surface area contributed by atoms with E-state index in [1.807, 2.05) is 0 Å². The standard InChI is InChI=1S/C23H19FN6O4/c24-14-6-4-13(5-7-14)11-29-12-15(27-28-29)10-25-17-3-1-2-16-20(17)23(34)30(22(16)33)18-8-9-19(31)26-21(18)32/h1-7,12,18,25H,8-11H2,(H,26,31,32). The molecule has 0 bridgehead atoms. The number of aromatic nitrogens is 3. The number of nitrogens with one attached hydrogen (secondary N) is 2. The number of imide groups is 2. The fourth-order valence-electron chi connectivity index (χ4n) is 4.12. The third-order valence-electron chi connectivity index (χ3n) is 5.77. The van der Waals surface area contributed by atoms with Crippen LogP contribution in [0.4, 0.5) is 10.1 Å². The molecule has 0 spiro atoms. The summed E-state index contributed by atoms with van der Waals surface area (Å²) in [4.78, 5) is 50.7. The van der Waals surface area contributed by atoms with Crippen LogP contribution in [0.5, 0.6) is 0 Å². The molecule has 2 aliphatic heterocycles. The topological polar surface area (TPSA) is 126 Å². The van der Waals surface area contributed by atoms with Crippen LogP contribution < -0.4 is 10.6 Å². The van der Waals surface area contributed by atoms with E-state index in [0.717, 1.165) is 10.5 Å². The molecule has 0 saturated carbocycles. The summed E-state index contributed by atoms with van der Waals surface area (Å²) in [6.07, 6.45) is 1.88. The Morgan fingerprint density at radius 3 is 2.62 bits per heavy atom. The Hall–Kier alpha value is -4.41. The molecule has 172 valence electrons. The number of fused-ring (bicyclic) bond motifs is 1. The van der Waals surface area contributed by atoms with Crippen LogP contribution in [0.3, 0.4) is 0 Å². The second kappa shape index (κ2) is 8.50. The number of rotatable bonds is 6. The lowest BCUT2D eigenvalue weighted by Crippen LogP contribution is -2.54. The molecule has 5 rings (SSSR count). The summed E-state index contributed by atoms with van der Waals surface area (Å²) in [7, 11) is 0. The van der Waals surface area contributed by atoms with Crippen molar-refractivity contribution in [2.24, 2.45) is 0 Å². The zero-order chi connectivity index (χ0) is 23.8. The van der Waals surface area contributed by atoms with E-state index in [2.05, 4.69) is 20.9 Å². The molecule has 0 radical (unpaired) electrons. The minimum atomic E-state index is -1.02. The van der Waals surface area contributed by atoms with Crippen molar-refractivity contribution in [3.63, 3.8) is 0 Å². The van der Waals surface area contributed by atoms with Crippen molar-refractivity contribution >= 4 is 29.3 Å². The third-order valence-corrected chi connectivity index (χ3v) is 5.77. The van der Waals surface area contributed by atoms with E-state index in [1.54, 1.807) is 35.1 Å². The molecule has 1 unspecified atom stereocenters. The molecule has 3 heterocycles. The lowest BCUT2D eigenvalue weighted by molar-refractivity contribution is -0.136. The summed E-state index contributed by atoms with van der Waals surface area (Å²) in [5, 5.41) is 13.5. The highest BCUT2D eigenvalue weighted by molar-refractivity contribution is 6.25. The van der Waals surface area contributed by atoms with Crippen LogP contribution in [0.2, 0.25) is 0 Å². The fraction of sp³-hybridized carbons (Fsp3) is 0.217. The van der Waals surface area contributed by atoms with Gasteiger partial charge in [0.05, 0.1) is 30.4 Å². The van der Waals surface area contributed by atoms with Gasteiger partial charge in [-0.2, -0.15) is 0 Å². The summed E-state index contributed by atoms with van der Waals surface area (Å²) in [6.45, 7) is 0.654. The highest BCUT2D eigenvalue weighted by atomic mass is 19.1. The highest BCUT2D eigenvalue weighted by Gasteiger charge is 2.45. The number of halogens is 1. The van der Waals surface area contributed by atoms with E-state index in [1.165, 1.54) is 18.2 Å². The maximum atomic E-state index is 13.1. The first-order valence-electron chi connectivity index (χ1n) is 10.6. The number of carbonyl (C=O) groups excluding carboxylic acids is 4. The van der Waals surface area contributed by atoms with E-state index < -0.39 is 29.7 Å². The van der Waals surface area contributed by atoms with Crippen LogP contribution in [0.1, 0.15) is 44.8 Å². The summed E-state index contributed by atoms with van der Waals surface area (Å²) >= 11 is 0. The van der Waals surface area contributed by atoms with E-state index in [-0.39, 0.29) is 36.3 Å². The smallest absolute Gasteiger partial charge is 0.264 e. The molecule has 3 aromatic rings. The number of carbonyl (C=O) groups is 4. The summed E-state index contributed by atoms with van der Waals surface area (Å²) in [5.41, 5.74) is 2.26. The first-order valence-corrected chi connectivity index (χ1v) is 10.6. The van der Waals surface area contributed by atoms with Crippen molar-refractivity contribution in [2.45, 2.75) is 32.0 Å². The summed E-state index contributed by atoms with van der Waals surface area (Å²) in [5.74, 6) is -2.54. The van der Waals surface area contributed by atoms with E-state index in [4.69, 9.17) is 0 Å². The molecule has 4 amide bonds. The number of nitrogens with zero attached hydrogens (tertiary/aromatic N) is 4. The molecule has 0 aliphatic carbocycles. The Balaban J connectivity index is 1.30. The van der Waals surface area contributed by atoms with Crippen molar-refractivity contribution in [1.29, 1.82) is 0 Å². The van der Waals surface area contributed by atoms with Gasteiger partial charge in [-0.1, -0.05) is 23.4 Å². The van der Waals surface area contributed by atoms with Gasteiger partial charge >= 0.3 is 0 Å². The monoisotopic (exact) mass is 462 g/mol. The molecule has 1 atom stereocenters. The Morgan fingerprint density at radius 2 is 1.85 bits per heavy atom. The fourth-order valence-corrected chi connectivity index (χ4v) is 4.12. The summed E-state index contributed by atoms with van der Waals surface area (Å²) in [6, 6.07) is 9.91. The van der Waals surface area contributed by atoms with Crippen LogP contribution >= 0.6 is 0 Å². The molecule has 1 aromatic heterocycles. The van der Waals surface area contributed by atoms with Crippen LogP contribution in [-0.2, 0) is 22.7 Å². The van der Waals surface area contributed by atoms with Gasteiger partial charge in [-0.3, -0.25) is 29.4 Å².